The highest BCUT2D eigenvalue weighted by molar-refractivity contribution is 6.27. The van der Waals surface area contributed by atoms with Crippen molar-refractivity contribution < 1.29 is 19.2 Å². The fourth-order valence-electron chi connectivity index (χ4n) is 3.39. The number of hydrazine groups is 1. The fraction of sp³-hybridized carbons (Fsp3) is 0.200. The number of carbonyl (C=O) groups excluding carboxylic acids is 4. The van der Waals surface area contributed by atoms with Gasteiger partial charge in [0.15, 0.2) is 0 Å². The Morgan fingerprint density at radius 2 is 1.56 bits per heavy atom. The van der Waals surface area contributed by atoms with Crippen molar-refractivity contribution in [3.8, 4) is 0 Å². The number of nitrogens with one attached hydrogen (secondary N) is 1. The molecule has 0 aromatic heterocycles. The summed E-state index contributed by atoms with van der Waals surface area (Å²) in [5.41, 5.74) is 4.16. The second-order valence-electron chi connectivity index (χ2n) is 6.46. The Labute approximate surface area is 155 Å². The van der Waals surface area contributed by atoms with Crippen molar-refractivity contribution in [1.82, 2.24) is 9.91 Å². The van der Waals surface area contributed by atoms with E-state index in [1.807, 2.05) is 6.92 Å². The maximum Gasteiger partial charge on any atom is 0.272 e. The van der Waals surface area contributed by atoms with E-state index in [1.165, 1.54) is 17.1 Å². The van der Waals surface area contributed by atoms with Crippen LogP contribution < -0.4 is 5.43 Å². The number of nitrogens with zero attached hydrogens (tertiary/aromatic N) is 2. The van der Waals surface area contributed by atoms with Crippen LogP contribution in [0.25, 0.3) is 10.8 Å². The molecular weight excluding hydrogens is 346 g/mol. The topological polar surface area (TPSA) is 86.8 Å². The maximum atomic E-state index is 12.8. The second-order valence-corrected chi connectivity index (χ2v) is 6.46. The van der Waals surface area contributed by atoms with E-state index in [0.717, 1.165) is 17.9 Å². The number of hydrogen-bond donors (Lipinski definition) is 1. The molecule has 2 aliphatic rings. The van der Waals surface area contributed by atoms with Crippen LogP contribution in [0, 0.1) is 0 Å². The second kappa shape index (κ2) is 6.35. The molecule has 2 aliphatic heterocycles. The molecule has 0 saturated carbocycles. The van der Waals surface area contributed by atoms with Gasteiger partial charge in [-0.3, -0.25) is 29.5 Å². The molecule has 7 nitrogen and oxygen atoms in total. The Hall–Kier alpha value is -3.48. The van der Waals surface area contributed by atoms with Crippen LogP contribution in [-0.4, -0.2) is 40.1 Å². The lowest BCUT2D eigenvalue weighted by Crippen LogP contribution is -2.41. The summed E-state index contributed by atoms with van der Waals surface area (Å²) in [5.74, 6) is -1.59. The molecule has 2 aromatic rings. The molecule has 0 unspecified atom stereocenters. The minimum absolute atomic E-state index is 0.321. The zero-order valence-electron chi connectivity index (χ0n) is 14.7. The molecule has 0 spiro atoms. The molecule has 2 heterocycles. The zero-order chi connectivity index (χ0) is 19.1. The summed E-state index contributed by atoms with van der Waals surface area (Å²) in [6, 6.07) is 8.44. The molecule has 136 valence electrons. The molecule has 1 N–H and O–H groups in total. The largest absolute Gasteiger partial charge is 0.288 e. The molecule has 0 aliphatic carbocycles. The van der Waals surface area contributed by atoms with E-state index >= 15 is 0 Å². The summed E-state index contributed by atoms with van der Waals surface area (Å²) in [7, 11) is 0. The molecule has 27 heavy (non-hydrogen) atoms. The minimum atomic E-state index is -0.474. The number of rotatable bonds is 5. The normalized spacial score (nSPS) is 16.0. The Morgan fingerprint density at radius 1 is 0.889 bits per heavy atom. The van der Waals surface area contributed by atoms with Crippen LogP contribution in [0.2, 0.25) is 0 Å². The smallest absolute Gasteiger partial charge is 0.272 e. The van der Waals surface area contributed by atoms with Crippen molar-refractivity contribution in [2.24, 2.45) is 0 Å². The lowest BCUT2D eigenvalue weighted by Gasteiger charge is -2.28. The van der Waals surface area contributed by atoms with Gasteiger partial charge < -0.3 is 0 Å². The minimum Gasteiger partial charge on any atom is -0.288 e. The molecule has 0 saturated heterocycles. The van der Waals surface area contributed by atoms with Gasteiger partial charge in [0.25, 0.3) is 23.6 Å². The van der Waals surface area contributed by atoms with Crippen LogP contribution in [0.15, 0.2) is 42.5 Å². The predicted octanol–water partition coefficient (Wildman–Crippen LogP) is 2.49. The lowest BCUT2D eigenvalue weighted by atomic mass is 9.93. The standard InChI is InChI=1S/C20H17N3O4/c1-2-3-11-22-19(26)13-6-4-5-12-15(8-7-14(18(12)13)20(22)27)21-23-16(24)9-10-17(23)25/h4-10,21H,2-3,11H2,1H3. The van der Waals surface area contributed by atoms with Crippen LogP contribution in [0.3, 0.4) is 0 Å². The van der Waals surface area contributed by atoms with E-state index in [2.05, 4.69) is 5.43 Å². The third kappa shape index (κ3) is 2.59. The highest BCUT2D eigenvalue weighted by Gasteiger charge is 2.33. The van der Waals surface area contributed by atoms with Gasteiger partial charge in [-0.1, -0.05) is 25.5 Å². The van der Waals surface area contributed by atoms with E-state index in [9.17, 15) is 19.2 Å². The van der Waals surface area contributed by atoms with Gasteiger partial charge in [0.2, 0.25) is 0 Å². The van der Waals surface area contributed by atoms with Gasteiger partial charge in [0.1, 0.15) is 0 Å². The summed E-state index contributed by atoms with van der Waals surface area (Å²) >= 11 is 0. The molecule has 4 amide bonds. The SMILES string of the molecule is CCCCN1C(=O)c2cccc3c(NN4C(=O)C=CC4=O)ccc(c23)C1=O. The quantitative estimate of drug-likeness (QED) is 0.825. The highest BCUT2D eigenvalue weighted by Crippen LogP contribution is 2.34. The monoisotopic (exact) mass is 363 g/mol. The first-order valence-corrected chi connectivity index (χ1v) is 8.77. The third-order valence-electron chi connectivity index (χ3n) is 4.77. The molecule has 4 rings (SSSR count). The van der Waals surface area contributed by atoms with Gasteiger partial charge >= 0.3 is 0 Å². The molecule has 0 atom stereocenters. The predicted molar refractivity (Wildman–Crippen MR) is 98.8 cm³/mol. The van der Waals surface area contributed by atoms with Crippen molar-refractivity contribution in [2.45, 2.75) is 19.8 Å². The fourth-order valence-corrected chi connectivity index (χ4v) is 3.39. The summed E-state index contributed by atoms with van der Waals surface area (Å²) in [4.78, 5) is 50.6. The summed E-state index contributed by atoms with van der Waals surface area (Å²) < 4.78 is 0. The maximum absolute atomic E-state index is 12.8. The Kier molecular flexibility index (Phi) is 3.99. The molecule has 0 radical (unpaired) electrons. The number of anilines is 1. The first-order valence-electron chi connectivity index (χ1n) is 8.77. The number of amides is 4. The number of carbonyl (C=O) groups is 4. The number of unbranched alkanes of at least 4 members (excludes halogenated alkanes) is 1. The summed E-state index contributed by atoms with van der Waals surface area (Å²) in [6.07, 6.45) is 3.98. The van der Waals surface area contributed by atoms with Gasteiger partial charge in [0.05, 0.1) is 5.69 Å². The summed E-state index contributed by atoms with van der Waals surface area (Å²) in [6.45, 7) is 2.38. The van der Waals surface area contributed by atoms with E-state index in [4.69, 9.17) is 0 Å². The first-order chi connectivity index (χ1) is 13.0. The van der Waals surface area contributed by atoms with Crippen molar-refractivity contribution >= 4 is 40.1 Å². The molecule has 2 aromatic carbocycles. The molecule has 7 heteroatoms. The van der Waals surface area contributed by atoms with Gasteiger partial charge in [-0.2, -0.15) is 5.01 Å². The van der Waals surface area contributed by atoms with Crippen LogP contribution in [0.5, 0.6) is 0 Å². The van der Waals surface area contributed by atoms with Gasteiger partial charge in [-0.15, -0.1) is 0 Å². The van der Waals surface area contributed by atoms with Crippen LogP contribution >= 0.6 is 0 Å². The molecular formula is C20H17N3O4. The van der Waals surface area contributed by atoms with Crippen molar-refractivity contribution in [2.75, 3.05) is 12.0 Å². The van der Waals surface area contributed by atoms with Crippen molar-refractivity contribution in [3.63, 3.8) is 0 Å². The zero-order valence-corrected chi connectivity index (χ0v) is 14.7. The van der Waals surface area contributed by atoms with Crippen LogP contribution in [0.4, 0.5) is 5.69 Å². The van der Waals surface area contributed by atoms with E-state index in [0.29, 0.717) is 34.1 Å². The number of benzene rings is 2. The van der Waals surface area contributed by atoms with E-state index < -0.39 is 11.8 Å². The Morgan fingerprint density at radius 3 is 2.22 bits per heavy atom. The number of hydrogen-bond acceptors (Lipinski definition) is 5. The lowest BCUT2D eigenvalue weighted by molar-refractivity contribution is -0.135. The highest BCUT2D eigenvalue weighted by atomic mass is 16.2. The first kappa shape index (κ1) is 17.0. The van der Waals surface area contributed by atoms with Crippen molar-refractivity contribution in [1.29, 1.82) is 0 Å². The van der Waals surface area contributed by atoms with E-state index in [-0.39, 0.29) is 11.8 Å². The van der Waals surface area contributed by atoms with Gasteiger partial charge in [-0.05, 0) is 24.6 Å². The molecule has 0 fully saturated rings. The van der Waals surface area contributed by atoms with E-state index in [1.54, 1.807) is 30.3 Å². The van der Waals surface area contributed by atoms with Crippen LogP contribution in [0.1, 0.15) is 40.5 Å². The molecule has 0 bridgehead atoms. The third-order valence-corrected chi connectivity index (χ3v) is 4.77. The van der Waals surface area contributed by atoms with Crippen LogP contribution in [-0.2, 0) is 9.59 Å². The average molecular weight is 363 g/mol. The Balaban J connectivity index is 1.80. The average Bonchev–Trinajstić information content (AvgIpc) is 2.98. The van der Waals surface area contributed by atoms with Crippen molar-refractivity contribution in [3.05, 3.63) is 53.6 Å². The Bertz CT molecular complexity index is 1000. The number of imide groups is 2. The van der Waals surface area contributed by atoms with Gasteiger partial charge in [0, 0.05) is 40.6 Å². The summed E-state index contributed by atoms with van der Waals surface area (Å²) in [5, 5.41) is 2.04. The van der Waals surface area contributed by atoms with Gasteiger partial charge in [-0.25, -0.2) is 0 Å².